The fraction of sp³-hybridized carbons (Fsp3) is 0.250. The molecule has 2 heteroatoms. The minimum absolute atomic E-state index is 0. The van der Waals surface area contributed by atoms with E-state index in [0.29, 0.717) is 0 Å². The van der Waals surface area contributed by atoms with Gasteiger partial charge in [-0.3, -0.25) is 0 Å². The van der Waals surface area contributed by atoms with E-state index < -0.39 is 0 Å². The normalized spacial score (nSPS) is 6.70. The summed E-state index contributed by atoms with van der Waals surface area (Å²) in [5, 5.41) is 0. The van der Waals surface area contributed by atoms with Gasteiger partial charge < -0.3 is 0 Å². The fourth-order valence-corrected chi connectivity index (χ4v) is 0.600. The Morgan fingerprint density at radius 3 is 1.60 bits per heavy atom. The second kappa shape index (κ2) is 9.83. The summed E-state index contributed by atoms with van der Waals surface area (Å²) in [6.07, 6.45) is 0. The molecule has 0 radical (unpaired) electrons. The van der Waals surface area contributed by atoms with Crippen molar-refractivity contribution in [3.8, 4) is 0 Å². The first-order valence-electron chi connectivity index (χ1n) is 3.13. The summed E-state index contributed by atoms with van der Waals surface area (Å²) in [6.45, 7) is 4.00. The number of rotatable bonds is 0. The third-order valence-electron chi connectivity index (χ3n) is 0.756. The van der Waals surface area contributed by atoms with E-state index >= 15 is 0 Å². The Kier molecular flexibility index (Phi) is 13.2. The van der Waals surface area contributed by atoms with Crippen molar-refractivity contribution in [2.75, 3.05) is 0 Å². The predicted octanol–water partition coefficient (Wildman–Crippen LogP) is 3.00. The van der Waals surface area contributed by atoms with E-state index in [-0.39, 0.29) is 37.7 Å². The molecule has 0 saturated carbocycles. The Morgan fingerprint density at radius 1 is 1.00 bits per heavy atom. The van der Waals surface area contributed by atoms with Crippen molar-refractivity contribution < 1.29 is 37.7 Å². The van der Waals surface area contributed by atoms with Gasteiger partial charge in [0.25, 0.3) is 0 Å². The van der Waals surface area contributed by atoms with Crippen LogP contribution < -0.4 is 0 Å². The number of benzene rings is 1. The maximum Gasteiger partial charge on any atom is 0.00399 e. The molecular weight excluding hydrogens is 168 g/mol. The van der Waals surface area contributed by atoms with Crippen LogP contribution >= 0.6 is 12.6 Å². The molecule has 0 aliphatic heterocycles. The number of thiol groups is 1. The van der Waals surface area contributed by atoms with Crippen LogP contribution in [0, 0.1) is 37.7 Å². The van der Waals surface area contributed by atoms with Crippen LogP contribution in [0.4, 0.5) is 0 Å². The molecule has 0 nitrogen and oxygen atoms in total. The van der Waals surface area contributed by atoms with E-state index in [4.69, 9.17) is 0 Å². The van der Waals surface area contributed by atoms with Crippen LogP contribution in [0.3, 0.4) is 0 Å². The standard InChI is InChI=1S/C6H6S.C2H6.Ar/c7-6-4-2-1-3-5-6;1-2;/h1-5,7H;1-2H3;. The van der Waals surface area contributed by atoms with Gasteiger partial charge >= 0.3 is 0 Å². The Balaban J connectivity index is 0. The first-order valence-corrected chi connectivity index (χ1v) is 3.58. The second-order valence-corrected chi connectivity index (χ2v) is 1.85. The van der Waals surface area contributed by atoms with E-state index in [9.17, 15) is 0 Å². The Morgan fingerprint density at radius 2 is 1.40 bits per heavy atom. The number of hydrogen-bond acceptors (Lipinski definition) is 1. The third-order valence-corrected chi connectivity index (χ3v) is 1.05. The molecule has 1 rings (SSSR count). The summed E-state index contributed by atoms with van der Waals surface area (Å²) >= 11 is 4.08. The van der Waals surface area contributed by atoms with Crippen LogP contribution in [0.1, 0.15) is 13.8 Å². The summed E-state index contributed by atoms with van der Waals surface area (Å²) in [5.41, 5.74) is 0. The molecule has 0 saturated heterocycles. The van der Waals surface area contributed by atoms with E-state index in [2.05, 4.69) is 12.6 Å². The molecule has 0 spiro atoms. The summed E-state index contributed by atoms with van der Waals surface area (Å²) in [5.74, 6) is 0. The first-order chi connectivity index (χ1) is 4.39. The molecule has 0 fully saturated rings. The van der Waals surface area contributed by atoms with Gasteiger partial charge in [0.2, 0.25) is 0 Å². The molecule has 0 heterocycles. The van der Waals surface area contributed by atoms with Gasteiger partial charge in [-0.15, -0.1) is 12.6 Å². The zero-order valence-corrected chi connectivity index (χ0v) is 7.79. The topological polar surface area (TPSA) is 0 Å². The Labute approximate surface area is 98.4 Å². The van der Waals surface area contributed by atoms with Crippen LogP contribution in [-0.2, 0) is 0 Å². The maximum absolute atomic E-state index is 4.08. The quantitative estimate of drug-likeness (QED) is 0.583. The van der Waals surface area contributed by atoms with E-state index in [0.717, 1.165) is 4.90 Å². The van der Waals surface area contributed by atoms with Crippen molar-refractivity contribution in [3.63, 3.8) is 0 Å². The SMILES string of the molecule is CC.Sc1ccccc1.[Ar]. The summed E-state index contributed by atoms with van der Waals surface area (Å²) in [7, 11) is 0. The van der Waals surface area contributed by atoms with Gasteiger partial charge in [0.15, 0.2) is 0 Å². The monoisotopic (exact) mass is 180 g/mol. The maximum atomic E-state index is 4.08. The molecule has 0 bridgehead atoms. The smallest absolute Gasteiger partial charge is 0.00399 e. The average molecular weight is 180 g/mol. The molecule has 0 unspecified atom stereocenters. The van der Waals surface area contributed by atoms with Crippen LogP contribution in [0.2, 0.25) is 0 Å². The van der Waals surface area contributed by atoms with Gasteiger partial charge in [-0.25, -0.2) is 0 Å². The summed E-state index contributed by atoms with van der Waals surface area (Å²) in [6, 6.07) is 9.79. The molecule has 0 N–H and O–H groups in total. The minimum atomic E-state index is 0. The Bertz CT molecular complexity index is 139. The molecule has 0 aromatic heterocycles. The summed E-state index contributed by atoms with van der Waals surface area (Å²) in [4.78, 5) is 1.02. The molecule has 0 atom stereocenters. The van der Waals surface area contributed by atoms with Crippen molar-refractivity contribution in [2.24, 2.45) is 0 Å². The number of hydrogen-bond donors (Lipinski definition) is 1. The molecule has 1 aromatic rings. The zero-order chi connectivity index (χ0) is 7.11. The second-order valence-electron chi connectivity index (χ2n) is 1.34. The molecule has 0 aliphatic carbocycles. The van der Waals surface area contributed by atoms with E-state index in [1.807, 2.05) is 44.2 Å². The molecule has 58 valence electrons. The summed E-state index contributed by atoms with van der Waals surface area (Å²) < 4.78 is 0. The van der Waals surface area contributed by atoms with Crippen LogP contribution in [-0.4, -0.2) is 0 Å². The van der Waals surface area contributed by atoms with Crippen molar-refractivity contribution in [1.82, 2.24) is 0 Å². The Hall–Kier alpha value is 0.830. The van der Waals surface area contributed by atoms with Gasteiger partial charge in [-0.2, -0.15) is 0 Å². The average Bonchev–Trinajstić information content (AvgIpc) is 1.94. The first kappa shape index (κ1) is 13.4. The van der Waals surface area contributed by atoms with Gasteiger partial charge in [0, 0.05) is 42.6 Å². The largest absolute Gasteiger partial charge is 0.143 e. The van der Waals surface area contributed by atoms with Crippen molar-refractivity contribution >= 4 is 12.6 Å². The van der Waals surface area contributed by atoms with Crippen LogP contribution in [0.25, 0.3) is 0 Å². The molecule has 10 heavy (non-hydrogen) atoms. The fourth-order valence-electron chi connectivity index (χ4n) is 0.428. The van der Waals surface area contributed by atoms with Crippen molar-refractivity contribution in [3.05, 3.63) is 30.3 Å². The van der Waals surface area contributed by atoms with Gasteiger partial charge in [0.05, 0.1) is 0 Å². The zero-order valence-electron chi connectivity index (χ0n) is 6.19. The third kappa shape index (κ3) is 6.94. The molecule has 0 amide bonds. The molecule has 0 aliphatic rings. The van der Waals surface area contributed by atoms with E-state index in [1.54, 1.807) is 0 Å². The van der Waals surface area contributed by atoms with Crippen LogP contribution in [0.15, 0.2) is 35.2 Å². The van der Waals surface area contributed by atoms with Crippen LogP contribution in [0.5, 0.6) is 0 Å². The predicted molar refractivity (Wildman–Crippen MR) is 45.0 cm³/mol. The van der Waals surface area contributed by atoms with Gasteiger partial charge in [0.1, 0.15) is 0 Å². The van der Waals surface area contributed by atoms with Crippen molar-refractivity contribution in [2.45, 2.75) is 18.7 Å². The van der Waals surface area contributed by atoms with Gasteiger partial charge in [-0.05, 0) is 12.1 Å². The van der Waals surface area contributed by atoms with Crippen molar-refractivity contribution in [1.29, 1.82) is 0 Å². The van der Waals surface area contributed by atoms with Gasteiger partial charge in [-0.1, -0.05) is 32.0 Å². The van der Waals surface area contributed by atoms with E-state index in [1.165, 1.54) is 0 Å². The minimum Gasteiger partial charge on any atom is -0.143 e. The molecule has 1 aromatic carbocycles. The molecular formula is C8H12ArS.